The van der Waals surface area contributed by atoms with Crippen LogP contribution in [0.5, 0.6) is 0 Å². The average molecular weight is 515 g/mol. The first-order chi connectivity index (χ1) is 19.3. The molecule has 0 unspecified atom stereocenters. The first kappa shape index (κ1) is 23.1. The third-order valence-corrected chi connectivity index (χ3v) is 8.52. The highest BCUT2D eigenvalue weighted by atomic mass is 32.1. The summed E-state index contributed by atoms with van der Waals surface area (Å²) in [4.78, 5) is 4.26. The fraction of sp³-hybridized carbons (Fsp3) is 0. The van der Waals surface area contributed by atoms with Crippen molar-refractivity contribution in [2.75, 3.05) is 0 Å². The largest absolute Gasteiger partial charge is 0.264 e. The molecule has 0 fully saturated rings. The van der Waals surface area contributed by atoms with E-state index >= 15 is 0 Å². The van der Waals surface area contributed by atoms with Gasteiger partial charge in [0.25, 0.3) is 0 Å². The summed E-state index contributed by atoms with van der Waals surface area (Å²) < 4.78 is 2.60. The Morgan fingerprint density at radius 2 is 1.08 bits per heavy atom. The molecule has 0 saturated heterocycles. The maximum atomic E-state index is 9.15. The molecule has 0 radical (unpaired) electrons. The molecule has 0 saturated carbocycles. The lowest BCUT2D eigenvalue weighted by Gasteiger charge is -2.07. The summed E-state index contributed by atoms with van der Waals surface area (Å²) in [6.07, 6.45) is 3.71. The van der Waals surface area contributed by atoms with Crippen LogP contribution in [0.15, 0.2) is 134 Å². The molecule has 0 aliphatic carbocycles. The van der Waals surface area contributed by atoms with Crippen LogP contribution in [0.3, 0.4) is 0 Å². The quantitative estimate of drug-likeness (QED) is 0.234. The van der Waals surface area contributed by atoms with E-state index in [0.29, 0.717) is 5.56 Å². The predicted octanol–water partition coefficient (Wildman–Crippen LogP) is 9.99. The standard InChI is InChI=1S/C36H22N2S/c37-22-24-12-14-25(15-13-24)28-5-1-6-29(21-28)32-9-3-11-34-33-10-2-8-31(35(33)39-36(32)34)27-18-16-26(17-19-27)30-7-4-20-38-23-30/h1-21,23H. The van der Waals surface area contributed by atoms with Gasteiger partial charge < -0.3 is 0 Å². The van der Waals surface area contributed by atoms with Gasteiger partial charge in [0.1, 0.15) is 0 Å². The number of fused-ring (bicyclic) bond motifs is 3. The van der Waals surface area contributed by atoms with E-state index in [-0.39, 0.29) is 0 Å². The molecule has 2 aromatic heterocycles. The number of aromatic nitrogens is 1. The van der Waals surface area contributed by atoms with E-state index in [1.807, 2.05) is 47.9 Å². The topological polar surface area (TPSA) is 36.7 Å². The van der Waals surface area contributed by atoms with E-state index in [2.05, 4.69) is 102 Å². The molecule has 0 aliphatic rings. The van der Waals surface area contributed by atoms with Gasteiger partial charge in [0.05, 0.1) is 11.6 Å². The Labute approximate surface area is 231 Å². The lowest BCUT2D eigenvalue weighted by Crippen LogP contribution is -1.82. The van der Waals surface area contributed by atoms with Crippen LogP contribution in [0, 0.1) is 11.3 Å². The normalized spacial score (nSPS) is 11.1. The van der Waals surface area contributed by atoms with Crippen LogP contribution in [-0.4, -0.2) is 4.98 Å². The van der Waals surface area contributed by atoms with Gasteiger partial charge in [-0.25, -0.2) is 0 Å². The maximum absolute atomic E-state index is 9.15. The molecule has 3 heteroatoms. The van der Waals surface area contributed by atoms with Crippen LogP contribution < -0.4 is 0 Å². The fourth-order valence-electron chi connectivity index (χ4n) is 5.25. The van der Waals surface area contributed by atoms with E-state index in [1.54, 1.807) is 6.20 Å². The van der Waals surface area contributed by atoms with Crippen molar-refractivity contribution in [3.8, 4) is 50.6 Å². The Balaban J connectivity index is 1.33. The Morgan fingerprint density at radius 3 is 1.74 bits per heavy atom. The molecular weight excluding hydrogens is 492 g/mol. The summed E-state index contributed by atoms with van der Waals surface area (Å²) in [5.74, 6) is 0. The third-order valence-electron chi connectivity index (χ3n) is 7.24. The molecule has 0 N–H and O–H groups in total. The lowest BCUT2D eigenvalue weighted by molar-refractivity contribution is 1.33. The zero-order valence-corrected chi connectivity index (χ0v) is 21.8. The molecule has 7 aromatic rings. The summed E-state index contributed by atoms with van der Waals surface area (Å²) >= 11 is 1.87. The van der Waals surface area contributed by atoms with Crippen molar-refractivity contribution in [1.82, 2.24) is 4.98 Å². The van der Waals surface area contributed by atoms with Crippen LogP contribution in [0.2, 0.25) is 0 Å². The highest BCUT2D eigenvalue weighted by Gasteiger charge is 2.14. The highest BCUT2D eigenvalue weighted by Crippen LogP contribution is 2.44. The lowest BCUT2D eigenvalue weighted by atomic mass is 9.97. The molecular formula is C36H22N2S. The van der Waals surface area contributed by atoms with Gasteiger partial charge in [0.15, 0.2) is 0 Å². The second kappa shape index (κ2) is 9.68. The summed E-state index contributed by atoms with van der Waals surface area (Å²) in [5.41, 5.74) is 10.1. The molecule has 39 heavy (non-hydrogen) atoms. The second-order valence-electron chi connectivity index (χ2n) is 9.56. The van der Waals surface area contributed by atoms with Gasteiger partial charge in [-0.3, -0.25) is 4.98 Å². The number of nitrogens with zero attached hydrogens (tertiary/aromatic N) is 2. The Hall–Kier alpha value is -5.04. The predicted molar refractivity (Wildman–Crippen MR) is 164 cm³/mol. The Morgan fingerprint density at radius 1 is 0.513 bits per heavy atom. The zero-order chi connectivity index (χ0) is 26.2. The van der Waals surface area contributed by atoms with Crippen molar-refractivity contribution in [2.24, 2.45) is 0 Å². The molecule has 7 rings (SSSR count). The fourth-order valence-corrected chi connectivity index (χ4v) is 6.63. The summed E-state index contributed by atoms with van der Waals surface area (Å²) in [6, 6.07) is 44.7. The number of thiophene rings is 1. The van der Waals surface area contributed by atoms with Crippen LogP contribution in [0.4, 0.5) is 0 Å². The highest BCUT2D eigenvalue weighted by molar-refractivity contribution is 7.26. The van der Waals surface area contributed by atoms with Gasteiger partial charge in [-0.2, -0.15) is 5.26 Å². The second-order valence-corrected chi connectivity index (χ2v) is 10.6. The van der Waals surface area contributed by atoms with E-state index in [0.717, 1.165) is 16.7 Å². The van der Waals surface area contributed by atoms with E-state index < -0.39 is 0 Å². The van der Waals surface area contributed by atoms with E-state index in [4.69, 9.17) is 5.26 Å². The van der Waals surface area contributed by atoms with Gasteiger partial charge in [-0.05, 0) is 68.8 Å². The first-order valence-electron chi connectivity index (χ1n) is 12.8. The van der Waals surface area contributed by atoms with Crippen molar-refractivity contribution >= 4 is 31.5 Å². The van der Waals surface area contributed by atoms with Gasteiger partial charge in [-0.15, -0.1) is 11.3 Å². The first-order valence-corrected chi connectivity index (χ1v) is 13.7. The van der Waals surface area contributed by atoms with Crippen molar-refractivity contribution in [2.45, 2.75) is 0 Å². The van der Waals surface area contributed by atoms with Gasteiger partial charge in [-0.1, -0.05) is 97.1 Å². The molecule has 5 aromatic carbocycles. The Bertz CT molecular complexity index is 2000. The van der Waals surface area contributed by atoms with Crippen molar-refractivity contribution in [1.29, 1.82) is 5.26 Å². The van der Waals surface area contributed by atoms with Crippen molar-refractivity contribution < 1.29 is 0 Å². The monoisotopic (exact) mass is 514 g/mol. The maximum Gasteiger partial charge on any atom is 0.0991 e. The average Bonchev–Trinajstić information content (AvgIpc) is 3.41. The van der Waals surface area contributed by atoms with Crippen molar-refractivity contribution in [3.63, 3.8) is 0 Å². The van der Waals surface area contributed by atoms with Gasteiger partial charge in [0.2, 0.25) is 0 Å². The minimum absolute atomic E-state index is 0.674. The number of rotatable bonds is 4. The van der Waals surface area contributed by atoms with Gasteiger partial charge in [0, 0.05) is 32.6 Å². The SMILES string of the molecule is N#Cc1ccc(-c2cccc(-c3cccc4c3sc3c(-c5ccc(-c6cccnc6)cc5)cccc34)c2)cc1. The Kier molecular flexibility index (Phi) is 5.74. The smallest absolute Gasteiger partial charge is 0.0991 e. The molecule has 0 spiro atoms. The molecule has 2 nitrogen and oxygen atoms in total. The summed E-state index contributed by atoms with van der Waals surface area (Å²) in [7, 11) is 0. The summed E-state index contributed by atoms with van der Waals surface area (Å²) in [5, 5.41) is 11.7. The van der Waals surface area contributed by atoms with Crippen LogP contribution >= 0.6 is 11.3 Å². The molecule has 2 heterocycles. The molecule has 0 aliphatic heterocycles. The molecule has 182 valence electrons. The van der Waals surface area contributed by atoms with Crippen LogP contribution in [0.1, 0.15) is 5.56 Å². The van der Waals surface area contributed by atoms with E-state index in [9.17, 15) is 0 Å². The number of nitriles is 1. The number of benzene rings is 5. The van der Waals surface area contributed by atoms with Crippen LogP contribution in [-0.2, 0) is 0 Å². The molecule has 0 atom stereocenters. The number of hydrogen-bond acceptors (Lipinski definition) is 3. The zero-order valence-electron chi connectivity index (χ0n) is 21.0. The molecule has 0 amide bonds. The minimum atomic E-state index is 0.674. The van der Waals surface area contributed by atoms with Crippen LogP contribution in [0.25, 0.3) is 64.7 Å². The van der Waals surface area contributed by atoms with E-state index in [1.165, 1.54) is 48.0 Å². The number of hydrogen-bond donors (Lipinski definition) is 0. The van der Waals surface area contributed by atoms with Gasteiger partial charge >= 0.3 is 0 Å². The number of pyridine rings is 1. The molecule has 0 bridgehead atoms. The van der Waals surface area contributed by atoms with Crippen molar-refractivity contribution in [3.05, 3.63) is 139 Å². The third kappa shape index (κ3) is 4.18. The minimum Gasteiger partial charge on any atom is -0.264 e. The summed E-state index contributed by atoms with van der Waals surface area (Å²) in [6.45, 7) is 0.